The number of carbonyl (C=O) groups excluding carboxylic acids is 4. The Kier molecular flexibility index (Phi) is 10.3. The van der Waals surface area contributed by atoms with E-state index >= 15 is 0 Å². The highest BCUT2D eigenvalue weighted by Gasteiger charge is 2.38. The normalized spacial score (nSPS) is 16.0. The van der Waals surface area contributed by atoms with Crippen molar-refractivity contribution in [1.82, 2.24) is 0 Å². The molecule has 0 unspecified atom stereocenters. The lowest BCUT2D eigenvalue weighted by molar-refractivity contribution is -0.151. The lowest BCUT2D eigenvalue weighted by atomic mass is 10.0. The zero-order chi connectivity index (χ0) is 26.1. The monoisotopic (exact) mass is 533 g/mol. The summed E-state index contributed by atoms with van der Waals surface area (Å²) in [4.78, 5) is 52.0. The fraction of sp³-hybridized carbons (Fsp3) is 0.407. The molecule has 0 bridgehead atoms. The number of carbonyl (C=O) groups is 4. The predicted octanol–water partition coefficient (Wildman–Crippen LogP) is 5.46. The van der Waals surface area contributed by atoms with Crippen LogP contribution in [0.5, 0.6) is 0 Å². The van der Waals surface area contributed by atoms with Crippen LogP contribution in [0.1, 0.15) is 59.7 Å². The van der Waals surface area contributed by atoms with Gasteiger partial charge in [-0.25, -0.2) is 4.79 Å². The molecule has 1 aliphatic rings. The molecule has 1 aliphatic heterocycles. The number of halogens is 2. The number of esters is 2. The van der Waals surface area contributed by atoms with E-state index < -0.39 is 24.0 Å². The van der Waals surface area contributed by atoms with E-state index in [0.29, 0.717) is 28.4 Å². The van der Waals surface area contributed by atoms with E-state index in [9.17, 15) is 19.2 Å². The summed E-state index contributed by atoms with van der Waals surface area (Å²) in [6.45, 7) is 2.55. The minimum absolute atomic E-state index is 0.0389. The first-order valence-corrected chi connectivity index (χ1v) is 12.9. The van der Waals surface area contributed by atoms with E-state index in [1.807, 2.05) is 0 Å². The molecule has 1 saturated heterocycles. The Balaban J connectivity index is 1.60. The van der Waals surface area contributed by atoms with Crippen molar-refractivity contribution in [1.29, 1.82) is 0 Å². The first-order valence-electron chi connectivity index (χ1n) is 12.0. The van der Waals surface area contributed by atoms with Crippen LogP contribution in [0.4, 0.5) is 5.69 Å². The highest BCUT2D eigenvalue weighted by atomic mass is 35.5. The number of nitrogens with zero attached hydrogens (tertiary/aromatic N) is 1. The van der Waals surface area contributed by atoms with Crippen molar-refractivity contribution in [3.05, 3.63) is 64.7 Å². The molecule has 9 heteroatoms. The standard InChI is InChI=1S/C27H29Cl2NO6/c1-2-3-4-15-35-26(33)19-7-11-22(12-8-19)30-17-20(16-24(30)31)27(34)36-23(13-14-28)25(32)18-5-9-21(29)10-6-18/h5-12,20,23H,2-4,13-17H2,1H3/t20-,23+/m1/s1. The van der Waals surface area contributed by atoms with Crippen LogP contribution >= 0.6 is 23.2 Å². The second kappa shape index (κ2) is 13.4. The molecule has 1 amide bonds. The number of alkyl halides is 1. The van der Waals surface area contributed by atoms with Crippen LogP contribution < -0.4 is 4.90 Å². The molecular formula is C27H29Cl2NO6. The largest absolute Gasteiger partial charge is 0.462 e. The third-order valence-corrected chi connectivity index (χ3v) is 6.38. The number of rotatable bonds is 12. The van der Waals surface area contributed by atoms with Gasteiger partial charge in [0.1, 0.15) is 0 Å². The average Bonchev–Trinajstić information content (AvgIpc) is 3.28. The van der Waals surface area contributed by atoms with Gasteiger partial charge in [-0.2, -0.15) is 0 Å². The van der Waals surface area contributed by atoms with Gasteiger partial charge in [-0.1, -0.05) is 31.4 Å². The van der Waals surface area contributed by atoms with Crippen LogP contribution in [-0.2, 0) is 19.1 Å². The SMILES string of the molecule is CCCCCOC(=O)c1ccc(N2C[C@H](C(=O)O[C@@H](CCCl)C(=O)c3ccc(Cl)cc3)CC2=O)cc1. The Labute approximate surface area is 220 Å². The minimum Gasteiger partial charge on any atom is -0.462 e. The van der Waals surface area contributed by atoms with Gasteiger partial charge in [0.15, 0.2) is 6.10 Å². The lowest BCUT2D eigenvalue weighted by Gasteiger charge is -2.19. The molecule has 1 fully saturated rings. The summed E-state index contributed by atoms with van der Waals surface area (Å²) in [7, 11) is 0. The minimum atomic E-state index is -1.05. The molecule has 7 nitrogen and oxygen atoms in total. The molecule has 0 aliphatic carbocycles. The van der Waals surface area contributed by atoms with Gasteiger partial charge < -0.3 is 14.4 Å². The first kappa shape index (κ1) is 27.7. The molecule has 2 atom stereocenters. The molecule has 192 valence electrons. The number of ether oxygens (including phenoxy) is 2. The van der Waals surface area contributed by atoms with Gasteiger partial charge >= 0.3 is 11.9 Å². The van der Waals surface area contributed by atoms with Crippen LogP contribution in [0.3, 0.4) is 0 Å². The summed E-state index contributed by atoms with van der Waals surface area (Å²) in [6, 6.07) is 12.8. The molecule has 0 spiro atoms. The molecule has 2 aromatic rings. The van der Waals surface area contributed by atoms with E-state index in [1.54, 1.807) is 48.5 Å². The summed E-state index contributed by atoms with van der Waals surface area (Å²) in [5.41, 5.74) is 1.31. The molecule has 3 rings (SSSR count). The quantitative estimate of drug-likeness (QED) is 0.155. The number of amides is 1. The maximum Gasteiger partial charge on any atom is 0.338 e. The Morgan fingerprint density at radius 1 is 1.03 bits per heavy atom. The van der Waals surface area contributed by atoms with Crippen molar-refractivity contribution in [2.45, 2.75) is 45.1 Å². The molecule has 0 saturated carbocycles. The zero-order valence-corrected chi connectivity index (χ0v) is 21.6. The molecule has 0 aromatic heterocycles. The lowest BCUT2D eigenvalue weighted by Crippen LogP contribution is -2.32. The van der Waals surface area contributed by atoms with E-state index in [-0.39, 0.29) is 37.0 Å². The van der Waals surface area contributed by atoms with Crippen LogP contribution in [0.25, 0.3) is 0 Å². The summed E-state index contributed by atoms with van der Waals surface area (Å²) < 4.78 is 10.8. The van der Waals surface area contributed by atoms with Gasteiger partial charge in [-0.15, -0.1) is 11.6 Å². The molecule has 1 heterocycles. The maximum atomic E-state index is 12.9. The number of benzene rings is 2. The topological polar surface area (TPSA) is 90.0 Å². The van der Waals surface area contributed by atoms with Crippen molar-refractivity contribution in [3.63, 3.8) is 0 Å². The van der Waals surface area contributed by atoms with E-state index in [2.05, 4.69) is 6.92 Å². The first-order chi connectivity index (χ1) is 17.3. The Morgan fingerprint density at radius 2 is 1.69 bits per heavy atom. The third kappa shape index (κ3) is 7.31. The second-order valence-electron chi connectivity index (χ2n) is 8.57. The summed E-state index contributed by atoms with van der Waals surface area (Å²) in [5, 5.41) is 0.485. The molecule has 0 N–H and O–H groups in total. The van der Waals surface area contributed by atoms with E-state index in [1.165, 1.54) is 4.90 Å². The van der Waals surface area contributed by atoms with Gasteiger partial charge in [-0.3, -0.25) is 14.4 Å². The number of hydrogen-bond donors (Lipinski definition) is 0. The van der Waals surface area contributed by atoms with E-state index in [0.717, 1.165) is 19.3 Å². The fourth-order valence-electron chi connectivity index (χ4n) is 3.87. The zero-order valence-electron chi connectivity index (χ0n) is 20.1. The van der Waals surface area contributed by atoms with Gasteiger partial charge in [-0.05, 0) is 55.0 Å². The fourth-order valence-corrected chi connectivity index (χ4v) is 4.20. The summed E-state index contributed by atoms with van der Waals surface area (Å²) in [5.74, 6) is -2.26. The molecule has 36 heavy (non-hydrogen) atoms. The van der Waals surface area contributed by atoms with Crippen LogP contribution in [0.15, 0.2) is 48.5 Å². The Bertz CT molecular complexity index is 1070. The number of anilines is 1. The second-order valence-corrected chi connectivity index (χ2v) is 9.38. The van der Waals surface area contributed by atoms with Crippen molar-refractivity contribution < 1.29 is 28.7 Å². The van der Waals surface area contributed by atoms with Crippen molar-refractivity contribution in [3.8, 4) is 0 Å². The van der Waals surface area contributed by atoms with Crippen LogP contribution in [0.2, 0.25) is 5.02 Å². The smallest absolute Gasteiger partial charge is 0.338 e. The third-order valence-electron chi connectivity index (χ3n) is 5.90. The molecular weight excluding hydrogens is 505 g/mol. The highest BCUT2D eigenvalue weighted by molar-refractivity contribution is 6.30. The van der Waals surface area contributed by atoms with E-state index in [4.69, 9.17) is 32.7 Å². The number of Topliss-reactive ketones (excluding diaryl/α,β-unsaturated/α-hetero) is 1. The number of unbranched alkanes of at least 4 members (excludes halogenated alkanes) is 2. The van der Waals surface area contributed by atoms with Crippen LogP contribution in [0, 0.1) is 5.92 Å². The van der Waals surface area contributed by atoms with Crippen molar-refractivity contribution in [2.75, 3.05) is 23.9 Å². The Morgan fingerprint density at radius 3 is 2.33 bits per heavy atom. The highest BCUT2D eigenvalue weighted by Crippen LogP contribution is 2.27. The van der Waals surface area contributed by atoms with Gasteiger partial charge in [0.25, 0.3) is 0 Å². The number of ketones is 1. The van der Waals surface area contributed by atoms with Gasteiger partial charge in [0.2, 0.25) is 11.7 Å². The Hall–Kier alpha value is -2.90. The van der Waals surface area contributed by atoms with Gasteiger partial charge in [0.05, 0.1) is 18.1 Å². The predicted molar refractivity (Wildman–Crippen MR) is 138 cm³/mol. The summed E-state index contributed by atoms with van der Waals surface area (Å²) >= 11 is 11.7. The average molecular weight is 534 g/mol. The van der Waals surface area contributed by atoms with Crippen LogP contribution in [-0.4, -0.2) is 48.8 Å². The molecule has 0 radical (unpaired) electrons. The maximum absolute atomic E-state index is 12.9. The summed E-state index contributed by atoms with van der Waals surface area (Å²) in [6.07, 6.45) is 1.91. The van der Waals surface area contributed by atoms with Crippen molar-refractivity contribution >= 4 is 52.5 Å². The van der Waals surface area contributed by atoms with Crippen molar-refractivity contribution in [2.24, 2.45) is 5.92 Å². The molecule has 2 aromatic carbocycles. The number of hydrogen-bond acceptors (Lipinski definition) is 6. The van der Waals surface area contributed by atoms with Gasteiger partial charge in [0, 0.05) is 41.5 Å².